The number of pyridine rings is 1. The number of aryl methyl sites for hydroxylation is 1. The lowest BCUT2D eigenvalue weighted by molar-refractivity contribution is 1.14. The molecule has 0 spiro atoms. The summed E-state index contributed by atoms with van der Waals surface area (Å²) in [5, 5.41) is 3.28. The summed E-state index contributed by atoms with van der Waals surface area (Å²) >= 11 is 0. The predicted molar refractivity (Wildman–Crippen MR) is 81.7 cm³/mol. The summed E-state index contributed by atoms with van der Waals surface area (Å²) in [6, 6.07) is 10.3. The van der Waals surface area contributed by atoms with Gasteiger partial charge in [-0.25, -0.2) is 0 Å². The molecule has 0 saturated heterocycles. The zero-order chi connectivity index (χ0) is 11.4. The maximum atomic E-state index is 5.78. The molecule has 98 valence electrons. The third-order valence-corrected chi connectivity index (χ3v) is 2.46. The van der Waals surface area contributed by atoms with E-state index in [1.807, 2.05) is 6.07 Å². The fourth-order valence-corrected chi connectivity index (χ4v) is 1.47. The van der Waals surface area contributed by atoms with E-state index in [1.54, 1.807) is 12.4 Å². The molecule has 0 unspecified atom stereocenters. The van der Waals surface area contributed by atoms with E-state index in [-0.39, 0.29) is 24.8 Å². The minimum absolute atomic E-state index is 0. The molecule has 0 atom stereocenters. The van der Waals surface area contributed by atoms with E-state index < -0.39 is 0 Å². The van der Waals surface area contributed by atoms with E-state index in [9.17, 15) is 0 Å². The minimum Gasteiger partial charge on any atom is -0.396 e. The molecular weight excluding hydrogens is 269 g/mol. The van der Waals surface area contributed by atoms with E-state index in [1.165, 1.54) is 11.1 Å². The quantitative estimate of drug-likeness (QED) is 0.909. The van der Waals surface area contributed by atoms with Crippen LogP contribution in [0.5, 0.6) is 0 Å². The number of benzene rings is 1. The SMILES string of the molecule is Cc1ccc(CNc2ccncc2N)cc1.Cl.Cl. The molecule has 3 nitrogen and oxygen atoms in total. The highest BCUT2D eigenvalue weighted by atomic mass is 35.5. The Kier molecular flexibility index (Phi) is 7.17. The maximum absolute atomic E-state index is 5.78. The van der Waals surface area contributed by atoms with Gasteiger partial charge in [-0.1, -0.05) is 29.8 Å². The summed E-state index contributed by atoms with van der Waals surface area (Å²) in [7, 11) is 0. The summed E-state index contributed by atoms with van der Waals surface area (Å²) < 4.78 is 0. The van der Waals surface area contributed by atoms with Gasteiger partial charge in [0, 0.05) is 12.7 Å². The fraction of sp³-hybridized carbons (Fsp3) is 0.154. The molecule has 18 heavy (non-hydrogen) atoms. The van der Waals surface area contributed by atoms with Crippen LogP contribution in [0.15, 0.2) is 42.7 Å². The van der Waals surface area contributed by atoms with Gasteiger partial charge in [-0.3, -0.25) is 4.98 Å². The number of anilines is 2. The van der Waals surface area contributed by atoms with Crippen LogP contribution in [-0.2, 0) is 6.54 Å². The molecule has 2 rings (SSSR count). The zero-order valence-corrected chi connectivity index (χ0v) is 11.7. The van der Waals surface area contributed by atoms with Crippen molar-refractivity contribution in [2.45, 2.75) is 13.5 Å². The molecule has 0 bridgehead atoms. The van der Waals surface area contributed by atoms with E-state index in [4.69, 9.17) is 5.73 Å². The van der Waals surface area contributed by atoms with Crippen LogP contribution in [0, 0.1) is 6.92 Å². The Morgan fingerprint density at radius 1 is 1.11 bits per heavy atom. The number of hydrogen-bond donors (Lipinski definition) is 2. The highest BCUT2D eigenvalue weighted by Crippen LogP contribution is 2.16. The van der Waals surface area contributed by atoms with Gasteiger partial charge < -0.3 is 11.1 Å². The van der Waals surface area contributed by atoms with Crippen LogP contribution < -0.4 is 11.1 Å². The topological polar surface area (TPSA) is 50.9 Å². The van der Waals surface area contributed by atoms with Crippen molar-refractivity contribution in [1.82, 2.24) is 4.98 Å². The van der Waals surface area contributed by atoms with Crippen molar-refractivity contribution in [2.75, 3.05) is 11.1 Å². The van der Waals surface area contributed by atoms with Gasteiger partial charge in [0.15, 0.2) is 0 Å². The molecule has 5 heteroatoms. The molecule has 0 aliphatic heterocycles. The Morgan fingerprint density at radius 2 is 1.78 bits per heavy atom. The first-order chi connectivity index (χ1) is 7.75. The zero-order valence-electron chi connectivity index (χ0n) is 10.1. The van der Waals surface area contributed by atoms with Crippen molar-refractivity contribution in [3.63, 3.8) is 0 Å². The third kappa shape index (κ3) is 4.43. The van der Waals surface area contributed by atoms with Gasteiger partial charge in [-0.15, -0.1) is 24.8 Å². The van der Waals surface area contributed by atoms with Crippen LogP contribution in [0.25, 0.3) is 0 Å². The Bertz CT molecular complexity index is 472. The van der Waals surface area contributed by atoms with Gasteiger partial charge >= 0.3 is 0 Å². The highest BCUT2D eigenvalue weighted by molar-refractivity contribution is 5.85. The first-order valence-corrected chi connectivity index (χ1v) is 5.24. The monoisotopic (exact) mass is 285 g/mol. The Labute approximate surface area is 120 Å². The molecule has 1 aromatic heterocycles. The summed E-state index contributed by atoms with van der Waals surface area (Å²) in [4.78, 5) is 3.95. The number of rotatable bonds is 3. The molecule has 1 aromatic carbocycles. The first-order valence-electron chi connectivity index (χ1n) is 5.24. The predicted octanol–water partition coefficient (Wildman–Crippen LogP) is 3.43. The lowest BCUT2D eigenvalue weighted by Crippen LogP contribution is -2.02. The second-order valence-corrected chi connectivity index (χ2v) is 3.80. The molecule has 0 radical (unpaired) electrons. The number of nitrogens with two attached hydrogens (primary N) is 1. The Morgan fingerprint density at radius 3 is 2.39 bits per heavy atom. The van der Waals surface area contributed by atoms with Crippen molar-refractivity contribution >= 4 is 36.2 Å². The summed E-state index contributed by atoms with van der Waals surface area (Å²) in [5.41, 5.74) is 9.89. The second kappa shape index (κ2) is 7.80. The first kappa shape index (κ1) is 16.6. The minimum atomic E-state index is 0. The molecule has 0 amide bonds. The summed E-state index contributed by atoms with van der Waals surface area (Å²) in [6.07, 6.45) is 3.38. The third-order valence-electron chi connectivity index (χ3n) is 2.46. The van der Waals surface area contributed by atoms with Gasteiger partial charge in [0.2, 0.25) is 0 Å². The second-order valence-electron chi connectivity index (χ2n) is 3.80. The van der Waals surface area contributed by atoms with Crippen molar-refractivity contribution in [1.29, 1.82) is 0 Å². The van der Waals surface area contributed by atoms with Crippen molar-refractivity contribution in [2.24, 2.45) is 0 Å². The molecule has 0 fully saturated rings. The molecule has 0 saturated carbocycles. The van der Waals surface area contributed by atoms with Gasteiger partial charge in [0.25, 0.3) is 0 Å². The van der Waals surface area contributed by atoms with Crippen molar-refractivity contribution < 1.29 is 0 Å². The lowest BCUT2D eigenvalue weighted by atomic mass is 10.1. The van der Waals surface area contributed by atoms with Gasteiger partial charge in [0.05, 0.1) is 17.6 Å². The Hall–Kier alpha value is -1.45. The molecular formula is C13H17Cl2N3. The number of nitrogens with zero attached hydrogens (tertiary/aromatic N) is 1. The van der Waals surface area contributed by atoms with Crippen molar-refractivity contribution in [3.8, 4) is 0 Å². The van der Waals surface area contributed by atoms with Crippen LogP contribution >= 0.6 is 24.8 Å². The molecule has 0 aliphatic carbocycles. The Balaban J connectivity index is 0.00000144. The normalized spacial score (nSPS) is 8.94. The number of halogens is 2. The van der Waals surface area contributed by atoms with E-state index >= 15 is 0 Å². The van der Waals surface area contributed by atoms with Crippen LogP contribution in [0.4, 0.5) is 11.4 Å². The highest BCUT2D eigenvalue weighted by Gasteiger charge is 1.97. The lowest BCUT2D eigenvalue weighted by Gasteiger charge is -2.08. The summed E-state index contributed by atoms with van der Waals surface area (Å²) in [6.45, 7) is 2.85. The summed E-state index contributed by atoms with van der Waals surface area (Å²) in [5.74, 6) is 0. The number of nitrogen functional groups attached to an aromatic ring is 1. The molecule has 2 aromatic rings. The molecule has 0 aliphatic rings. The van der Waals surface area contributed by atoms with E-state index in [0.29, 0.717) is 5.69 Å². The van der Waals surface area contributed by atoms with Crippen LogP contribution in [-0.4, -0.2) is 4.98 Å². The average Bonchev–Trinajstić information content (AvgIpc) is 2.30. The smallest absolute Gasteiger partial charge is 0.0736 e. The van der Waals surface area contributed by atoms with Gasteiger partial charge in [-0.05, 0) is 18.6 Å². The average molecular weight is 286 g/mol. The fourth-order valence-electron chi connectivity index (χ4n) is 1.47. The number of nitrogens with one attached hydrogen (secondary N) is 1. The van der Waals surface area contributed by atoms with Crippen LogP contribution in [0.2, 0.25) is 0 Å². The van der Waals surface area contributed by atoms with Crippen LogP contribution in [0.1, 0.15) is 11.1 Å². The van der Waals surface area contributed by atoms with Gasteiger partial charge in [0.1, 0.15) is 0 Å². The number of hydrogen-bond acceptors (Lipinski definition) is 3. The molecule has 3 N–H and O–H groups in total. The maximum Gasteiger partial charge on any atom is 0.0736 e. The van der Waals surface area contributed by atoms with Crippen LogP contribution in [0.3, 0.4) is 0 Å². The van der Waals surface area contributed by atoms with Gasteiger partial charge in [-0.2, -0.15) is 0 Å². The number of aromatic nitrogens is 1. The van der Waals surface area contributed by atoms with E-state index in [2.05, 4.69) is 41.5 Å². The molecule has 1 heterocycles. The standard InChI is InChI=1S/C13H15N3.2ClH/c1-10-2-4-11(5-3-10)8-16-13-6-7-15-9-12(13)14;;/h2-7,9H,8,14H2,1H3,(H,15,16);2*1H. The van der Waals surface area contributed by atoms with Crippen molar-refractivity contribution in [3.05, 3.63) is 53.9 Å². The van der Waals surface area contributed by atoms with E-state index in [0.717, 1.165) is 12.2 Å². The largest absolute Gasteiger partial charge is 0.396 e.